The Bertz CT molecular complexity index is 569. The molecule has 2 aromatic heterocycles. The highest BCUT2D eigenvalue weighted by atomic mass is 35.5. The molecule has 4 nitrogen and oxygen atoms in total. The van der Waals surface area contributed by atoms with Crippen LogP contribution in [0.5, 0.6) is 0 Å². The zero-order chi connectivity index (χ0) is 13.8. The highest BCUT2D eigenvalue weighted by Crippen LogP contribution is 2.17. The van der Waals surface area contributed by atoms with E-state index in [1.807, 2.05) is 32.9 Å². The summed E-state index contributed by atoms with van der Waals surface area (Å²) in [6.45, 7) is 6.74. The largest absolute Gasteiger partial charge is 0.364 e. The predicted octanol–water partition coefficient (Wildman–Crippen LogP) is 3.57. The number of aryl methyl sites for hydroxylation is 1. The van der Waals surface area contributed by atoms with Crippen molar-refractivity contribution in [1.82, 2.24) is 15.0 Å². The molecule has 0 amide bonds. The molecule has 0 atom stereocenters. The highest BCUT2D eigenvalue weighted by molar-refractivity contribution is 6.29. The lowest BCUT2D eigenvalue weighted by molar-refractivity contribution is 0.774. The first-order chi connectivity index (χ1) is 9.06. The maximum absolute atomic E-state index is 6.00. The average molecular weight is 277 g/mol. The van der Waals surface area contributed by atoms with Gasteiger partial charge in [0.15, 0.2) is 0 Å². The lowest BCUT2D eigenvalue weighted by Gasteiger charge is -2.10. The number of hydrogen-bond acceptors (Lipinski definition) is 4. The predicted molar refractivity (Wildman–Crippen MR) is 77.4 cm³/mol. The molecule has 0 radical (unpaired) electrons. The van der Waals surface area contributed by atoms with Crippen molar-refractivity contribution in [2.24, 2.45) is 0 Å². The fourth-order valence-corrected chi connectivity index (χ4v) is 1.85. The Morgan fingerprint density at radius 2 is 2.11 bits per heavy atom. The second-order valence-corrected chi connectivity index (χ2v) is 5.10. The molecule has 0 fully saturated rings. The summed E-state index contributed by atoms with van der Waals surface area (Å²) in [6, 6.07) is 5.69. The third-order valence-corrected chi connectivity index (χ3v) is 2.98. The summed E-state index contributed by atoms with van der Waals surface area (Å²) in [7, 11) is 0. The number of nitrogens with one attached hydrogen (secondary N) is 1. The lowest BCUT2D eigenvalue weighted by atomic mass is 10.2. The number of halogens is 1. The Balaban J connectivity index is 2.14. The normalized spacial score (nSPS) is 10.8. The zero-order valence-electron chi connectivity index (χ0n) is 11.3. The molecule has 100 valence electrons. The maximum Gasteiger partial charge on any atom is 0.135 e. The van der Waals surface area contributed by atoms with Gasteiger partial charge in [0, 0.05) is 18.2 Å². The average Bonchev–Trinajstić information content (AvgIpc) is 2.37. The smallest absolute Gasteiger partial charge is 0.135 e. The van der Waals surface area contributed by atoms with E-state index in [4.69, 9.17) is 11.6 Å². The van der Waals surface area contributed by atoms with Crippen LogP contribution in [-0.4, -0.2) is 15.0 Å². The molecule has 0 aromatic carbocycles. The molecular weight excluding hydrogens is 260 g/mol. The minimum Gasteiger partial charge on any atom is -0.364 e. The van der Waals surface area contributed by atoms with Gasteiger partial charge in [-0.25, -0.2) is 9.97 Å². The van der Waals surface area contributed by atoms with E-state index in [0.717, 1.165) is 22.9 Å². The second kappa shape index (κ2) is 5.97. The molecule has 2 aromatic rings. The summed E-state index contributed by atoms with van der Waals surface area (Å²) in [5.41, 5.74) is 2.16. The van der Waals surface area contributed by atoms with E-state index < -0.39 is 0 Å². The Kier molecular flexibility index (Phi) is 4.32. The van der Waals surface area contributed by atoms with E-state index in [1.54, 1.807) is 12.3 Å². The summed E-state index contributed by atoms with van der Waals surface area (Å²) < 4.78 is 0. The molecule has 0 saturated carbocycles. The molecule has 0 aliphatic heterocycles. The van der Waals surface area contributed by atoms with Crippen LogP contribution in [0.1, 0.15) is 36.8 Å². The standard InChI is InChI=1S/C14H17ClN4/c1-9(2)14-18-12(15)7-13(19-14)17-8-11-10(3)5-4-6-16-11/h4-7,9H,8H2,1-3H3,(H,17,18,19). The van der Waals surface area contributed by atoms with E-state index in [9.17, 15) is 0 Å². The van der Waals surface area contributed by atoms with Gasteiger partial charge in [-0.2, -0.15) is 0 Å². The quantitative estimate of drug-likeness (QED) is 0.868. The SMILES string of the molecule is Cc1cccnc1CNc1cc(Cl)nc(C(C)C)n1. The summed E-state index contributed by atoms with van der Waals surface area (Å²) in [6.07, 6.45) is 1.79. The number of anilines is 1. The first kappa shape index (κ1) is 13.7. The van der Waals surface area contributed by atoms with Gasteiger partial charge in [0.2, 0.25) is 0 Å². The summed E-state index contributed by atoms with van der Waals surface area (Å²) in [4.78, 5) is 13.0. The molecule has 2 rings (SSSR count). The van der Waals surface area contributed by atoms with Gasteiger partial charge in [-0.3, -0.25) is 4.98 Å². The van der Waals surface area contributed by atoms with E-state index in [-0.39, 0.29) is 5.92 Å². The van der Waals surface area contributed by atoms with Crippen molar-refractivity contribution in [2.75, 3.05) is 5.32 Å². The monoisotopic (exact) mass is 276 g/mol. The van der Waals surface area contributed by atoms with Crippen LogP contribution in [0, 0.1) is 6.92 Å². The molecule has 0 saturated heterocycles. The maximum atomic E-state index is 6.00. The fourth-order valence-electron chi connectivity index (χ4n) is 1.66. The van der Waals surface area contributed by atoms with Gasteiger partial charge < -0.3 is 5.32 Å². The number of rotatable bonds is 4. The molecule has 0 unspecified atom stereocenters. The first-order valence-corrected chi connectivity index (χ1v) is 6.63. The summed E-state index contributed by atoms with van der Waals surface area (Å²) in [5, 5.41) is 3.70. The van der Waals surface area contributed by atoms with Gasteiger partial charge >= 0.3 is 0 Å². The number of pyridine rings is 1. The minimum atomic E-state index is 0.246. The highest BCUT2D eigenvalue weighted by Gasteiger charge is 2.07. The molecule has 1 N–H and O–H groups in total. The molecule has 5 heteroatoms. The summed E-state index contributed by atoms with van der Waals surface area (Å²) >= 11 is 6.00. The first-order valence-electron chi connectivity index (χ1n) is 6.25. The van der Waals surface area contributed by atoms with Gasteiger partial charge in [0.1, 0.15) is 16.8 Å². The van der Waals surface area contributed by atoms with Crippen molar-refractivity contribution >= 4 is 17.4 Å². The van der Waals surface area contributed by atoms with E-state index >= 15 is 0 Å². The Hall–Kier alpha value is -1.68. The van der Waals surface area contributed by atoms with Gasteiger partial charge in [-0.15, -0.1) is 0 Å². The van der Waals surface area contributed by atoms with E-state index in [0.29, 0.717) is 11.7 Å². The topological polar surface area (TPSA) is 50.7 Å². The Labute approximate surface area is 118 Å². The number of aromatic nitrogens is 3. The van der Waals surface area contributed by atoms with Crippen LogP contribution in [0.4, 0.5) is 5.82 Å². The minimum absolute atomic E-state index is 0.246. The molecule has 0 bridgehead atoms. The molecule has 19 heavy (non-hydrogen) atoms. The van der Waals surface area contributed by atoms with Crippen molar-refractivity contribution in [3.05, 3.63) is 46.6 Å². The van der Waals surface area contributed by atoms with E-state index in [1.165, 1.54) is 0 Å². The fraction of sp³-hybridized carbons (Fsp3) is 0.357. The third kappa shape index (κ3) is 3.64. The number of hydrogen-bond donors (Lipinski definition) is 1. The molecular formula is C14H17ClN4. The van der Waals surface area contributed by atoms with Crippen LogP contribution >= 0.6 is 11.6 Å². The Morgan fingerprint density at radius 1 is 1.32 bits per heavy atom. The lowest BCUT2D eigenvalue weighted by Crippen LogP contribution is -2.07. The van der Waals surface area contributed by atoms with Crippen molar-refractivity contribution in [3.8, 4) is 0 Å². The summed E-state index contributed by atoms with van der Waals surface area (Å²) in [5.74, 6) is 1.72. The van der Waals surface area contributed by atoms with Crippen molar-refractivity contribution in [1.29, 1.82) is 0 Å². The van der Waals surface area contributed by atoms with Crippen molar-refractivity contribution in [2.45, 2.75) is 33.2 Å². The van der Waals surface area contributed by atoms with Gasteiger partial charge in [-0.1, -0.05) is 31.5 Å². The number of nitrogens with zero attached hydrogens (tertiary/aromatic N) is 3. The molecule has 0 aliphatic rings. The van der Waals surface area contributed by atoms with Crippen molar-refractivity contribution < 1.29 is 0 Å². The molecule has 0 spiro atoms. The van der Waals surface area contributed by atoms with Crippen LogP contribution in [0.3, 0.4) is 0 Å². The molecule has 2 heterocycles. The van der Waals surface area contributed by atoms with Crippen LogP contribution in [0.2, 0.25) is 5.15 Å². The van der Waals surface area contributed by atoms with Crippen LogP contribution in [-0.2, 0) is 6.54 Å². The molecule has 0 aliphatic carbocycles. The Morgan fingerprint density at radius 3 is 2.79 bits per heavy atom. The second-order valence-electron chi connectivity index (χ2n) is 4.71. The van der Waals surface area contributed by atoms with Crippen molar-refractivity contribution in [3.63, 3.8) is 0 Å². The van der Waals surface area contributed by atoms with Gasteiger partial charge in [0.25, 0.3) is 0 Å². The van der Waals surface area contributed by atoms with Crippen LogP contribution in [0.25, 0.3) is 0 Å². The van der Waals surface area contributed by atoms with Crippen LogP contribution in [0.15, 0.2) is 24.4 Å². The van der Waals surface area contributed by atoms with Gasteiger partial charge in [-0.05, 0) is 18.6 Å². The van der Waals surface area contributed by atoms with Crippen LogP contribution < -0.4 is 5.32 Å². The van der Waals surface area contributed by atoms with E-state index in [2.05, 4.69) is 20.3 Å². The zero-order valence-corrected chi connectivity index (χ0v) is 12.1. The third-order valence-electron chi connectivity index (χ3n) is 2.78. The van der Waals surface area contributed by atoms with Gasteiger partial charge in [0.05, 0.1) is 12.2 Å².